The van der Waals surface area contributed by atoms with Crippen LogP contribution in [0.5, 0.6) is 0 Å². The monoisotopic (exact) mass is 338 g/mol. The van der Waals surface area contributed by atoms with Gasteiger partial charge in [-0.05, 0) is 77.3 Å². The molecule has 2 saturated carbocycles. The first-order valence-corrected chi connectivity index (χ1v) is 10.5. The number of ether oxygens (including phenoxy) is 1. The Morgan fingerprint density at radius 1 is 0.958 bits per heavy atom. The quantitative estimate of drug-likeness (QED) is 0.781. The van der Waals surface area contributed by atoms with Crippen LogP contribution < -0.4 is 5.32 Å². The standard InChI is InChI=1S/C20H38N2O2/c1-2-24-15-16-7-9-18(10-8-16)22-13-11-17(12-14-22)21-19-5-3-4-6-20(19)23/h16-21,23H,2-15H2,1H3/t16-,18-,19-,20+/m0/s1. The minimum absolute atomic E-state index is 0.114. The molecule has 0 amide bonds. The molecule has 24 heavy (non-hydrogen) atoms. The first-order valence-electron chi connectivity index (χ1n) is 10.5. The molecule has 0 aromatic carbocycles. The molecule has 0 aromatic rings. The van der Waals surface area contributed by atoms with E-state index in [2.05, 4.69) is 17.1 Å². The molecule has 0 bridgehead atoms. The second-order valence-electron chi connectivity index (χ2n) is 8.27. The molecule has 1 heterocycles. The number of nitrogens with one attached hydrogen (secondary N) is 1. The van der Waals surface area contributed by atoms with Crippen molar-refractivity contribution in [3.8, 4) is 0 Å². The Hall–Kier alpha value is -0.160. The molecule has 2 atom stereocenters. The van der Waals surface area contributed by atoms with Crippen LogP contribution in [0.1, 0.15) is 71.1 Å². The fourth-order valence-corrected chi connectivity index (χ4v) is 5.00. The van der Waals surface area contributed by atoms with Gasteiger partial charge < -0.3 is 20.1 Å². The molecule has 4 heteroatoms. The number of aliphatic hydroxyl groups excluding tert-OH is 1. The maximum atomic E-state index is 10.2. The van der Waals surface area contributed by atoms with Gasteiger partial charge in [0.05, 0.1) is 6.10 Å². The zero-order valence-electron chi connectivity index (χ0n) is 15.6. The Kier molecular flexibility index (Phi) is 7.38. The lowest BCUT2D eigenvalue weighted by Crippen LogP contribution is -2.52. The summed E-state index contributed by atoms with van der Waals surface area (Å²) in [6.07, 6.45) is 12.4. The number of piperidine rings is 1. The molecule has 0 radical (unpaired) electrons. The molecule has 3 aliphatic rings. The number of aliphatic hydroxyl groups is 1. The van der Waals surface area contributed by atoms with Gasteiger partial charge in [-0.1, -0.05) is 12.8 Å². The lowest BCUT2D eigenvalue weighted by atomic mass is 9.84. The summed E-state index contributed by atoms with van der Waals surface area (Å²) in [5.74, 6) is 0.799. The summed E-state index contributed by atoms with van der Waals surface area (Å²) in [5, 5.41) is 13.9. The number of rotatable bonds is 6. The lowest BCUT2D eigenvalue weighted by molar-refractivity contribution is 0.0510. The third-order valence-corrected chi connectivity index (χ3v) is 6.60. The zero-order chi connectivity index (χ0) is 16.8. The summed E-state index contributed by atoms with van der Waals surface area (Å²) in [7, 11) is 0. The van der Waals surface area contributed by atoms with Gasteiger partial charge in [0.15, 0.2) is 0 Å². The fraction of sp³-hybridized carbons (Fsp3) is 1.00. The van der Waals surface area contributed by atoms with E-state index in [4.69, 9.17) is 4.74 Å². The molecule has 1 aliphatic heterocycles. The highest BCUT2D eigenvalue weighted by Crippen LogP contribution is 2.30. The summed E-state index contributed by atoms with van der Waals surface area (Å²) in [5.41, 5.74) is 0. The van der Waals surface area contributed by atoms with Crippen molar-refractivity contribution in [1.29, 1.82) is 0 Å². The Labute approximate surface area is 148 Å². The topological polar surface area (TPSA) is 44.7 Å². The van der Waals surface area contributed by atoms with Crippen LogP contribution in [0.15, 0.2) is 0 Å². The summed E-state index contributed by atoms with van der Waals surface area (Å²) in [4.78, 5) is 2.74. The molecule has 2 N–H and O–H groups in total. The predicted molar refractivity (Wildman–Crippen MR) is 98.2 cm³/mol. The Bertz CT molecular complexity index is 350. The molecule has 1 saturated heterocycles. The average molecular weight is 339 g/mol. The van der Waals surface area contributed by atoms with Gasteiger partial charge in [-0.15, -0.1) is 0 Å². The van der Waals surface area contributed by atoms with Crippen LogP contribution in [0, 0.1) is 5.92 Å². The maximum Gasteiger partial charge on any atom is 0.0693 e. The highest BCUT2D eigenvalue weighted by Gasteiger charge is 2.31. The average Bonchev–Trinajstić information content (AvgIpc) is 2.63. The predicted octanol–water partition coefficient (Wildman–Crippen LogP) is 2.94. The molecule has 0 spiro atoms. The van der Waals surface area contributed by atoms with Crippen molar-refractivity contribution in [2.45, 2.75) is 95.4 Å². The number of nitrogens with zero attached hydrogens (tertiary/aromatic N) is 1. The van der Waals surface area contributed by atoms with Crippen LogP contribution in [0.3, 0.4) is 0 Å². The van der Waals surface area contributed by atoms with Gasteiger partial charge in [-0.2, -0.15) is 0 Å². The molecular formula is C20H38N2O2. The fourth-order valence-electron chi connectivity index (χ4n) is 5.00. The van der Waals surface area contributed by atoms with Crippen LogP contribution in [0.4, 0.5) is 0 Å². The van der Waals surface area contributed by atoms with E-state index in [-0.39, 0.29) is 6.10 Å². The Balaban J connectivity index is 1.35. The van der Waals surface area contributed by atoms with Gasteiger partial charge in [0.1, 0.15) is 0 Å². The summed E-state index contributed by atoms with van der Waals surface area (Å²) in [6, 6.07) is 1.78. The van der Waals surface area contributed by atoms with Crippen molar-refractivity contribution in [3.05, 3.63) is 0 Å². The zero-order valence-corrected chi connectivity index (χ0v) is 15.6. The smallest absolute Gasteiger partial charge is 0.0693 e. The highest BCUT2D eigenvalue weighted by molar-refractivity contribution is 4.88. The second-order valence-corrected chi connectivity index (χ2v) is 8.27. The molecular weight excluding hydrogens is 300 g/mol. The van der Waals surface area contributed by atoms with E-state index < -0.39 is 0 Å². The first kappa shape index (κ1) is 18.6. The van der Waals surface area contributed by atoms with Crippen molar-refractivity contribution < 1.29 is 9.84 Å². The molecule has 2 aliphatic carbocycles. The SMILES string of the molecule is CCOC[C@H]1CC[C@H](N2CCC(N[C@H]3CCCC[C@H]3O)CC2)CC1. The second kappa shape index (κ2) is 9.51. The van der Waals surface area contributed by atoms with Gasteiger partial charge in [-0.3, -0.25) is 0 Å². The largest absolute Gasteiger partial charge is 0.392 e. The van der Waals surface area contributed by atoms with E-state index in [0.29, 0.717) is 12.1 Å². The van der Waals surface area contributed by atoms with E-state index in [0.717, 1.165) is 38.0 Å². The maximum absolute atomic E-state index is 10.2. The molecule has 3 rings (SSSR count). The summed E-state index contributed by atoms with van der Waals surface area (Å²) >= 11 is 0. The van der Waals surface area contributed by atoms with Gasteiger partial charge >= 0.3 is 0 Å². The van der Waals surface area contributed by atoms with Crippen LogP contribution >= 0.6 is 0 Å². The van der Waals surface area contributed by atoms with Gasteiger partial charge in [-0.25, -0.2) is 0 Å². The molecule has 4 nitrogen and oxygen atoms in total. The van der Waals surface area contributed by atoms with Crippen LogP contribution in [-0.4, -0.2) is 60.5 Å². The third-order valence-electron chi connectivity index (χ3n) is 6.60. The number of likely N-dealkylation sites (tertiary alicyclic amines) is 1. The first-order chi connectivity index (χ1) is 11.8. The molecule has 140 valence electrons. The molecule has 3 fully saturated rings. The minimum atomic E-state index is -0.114. The van der Waals surface area contributed by atoms with E-state index in [1.54, 1.807) is 0 Å². The van der Waals surface area contributed by atoms with Crippen LogP contribution in [0.2, 0.25) is 0 Å². The van der Waals surface area contributed by atoms with Crippen molar-refractivity contribution in [1.82, 2.24) is 10.2 Å². The van der Waals surface area contributed by atoms with E-state index in [1.165, 1.54) is 64.5 Å². The third kappa shape index (κ3) is 5.17. The van der Waals surface area contributed by atoms with Crippen LogP contribution in [0.25, 0.3) is 0 Å². The normalized spacial score (nSPS) is 36.8. The van der Waals surface area contributed by atoms with E-state index in [1.807, 2.05) is 0 Å². The van der Waals surface area contributed by atoms with Crippen molar-refractivity contribution in [2.24, 2.45) is 5.92 Å². The van der Waals surface area contributed by atoms with Gasteiger partial charge in [0, 0.05) is 31.3 Å². The molecule has 0 aromatic heterocycles. The molecule has 0 unspecified atom stereocenters. The van der Waals surface area contributed by atoms with E-state index >= 15 is 0 Å². The lowest BCUT2D eigenvalue weighted by Gasteiger charge is -2.42. The highest BCUT2D eigenvalue weighted by atomic mass is 16.5. The minimum Gasteiger partial charge on any atom is -0.392 e. The van der Waals surface area contributed by atoms with Crippen LogP contribution in [-0.2, 0) is 4.74 Å². The van der Waals surface area contributed by atoms with Gasteiger partial charge in [0.2, 0.25) is 0 Å². The number of hydrogen-bond acceptors (Lipinski definition) is 4. The Morgan fingerprint density at radius 2 is 1.67 bits per heavy atom. The Morgan fingerprint density at radius 3 is 2.33 bits per heavy atom. The summed E-state index contributed by atoms with van der Waals surface area (Å²) < 4.78 is 5.61. The van der Waals surface area contributed by atoms with E-state index in [9.17, 15) is 5.11 Å². The van der Waals surface area contributed by atoms with Crippen molar-refractivity contribution in [2.75, 3.05) is 26.3 Å². The van der Waals surface area contributed by atoms with Crippen molar-refractivity contribution in [3.63, 3.8) is 0 Å². The number of hydrogen-bond donors (Lipinski definition) is 2. The van der Waals surface area contributed by atoms with Gasteiger partial charge in [0.25, 0.3) is 0 Å². The summed E-state index contributed by atoms with van der Waals surface area (Å²) in [6.45, 7) is 6.40. The van der Waals surface area contributed by atoms with Crippen molar-refractivity contribution >= 4 is 0 Å².